The van der Waals surface area contributed by atoms with Crippen molar-refractivity contribution in [3.63, 3.8) is 0 Å². The molecule has 10 heteroatoms. The predicted molar refractivity (Wildman–Crippen MR) is 133 cm³/mol. The number of aromatic nitrogens is 3. The van der Waals surface area contributed by atoms with Gasteiger partial charge in [-0.05, 0) is 66.9 Å². The molecule has 4 rings (SSSR count). The Balaban J connectivity index is 1.57. The molecule has 0 saturated heterocycles. The maximum atomic E-state index is 13.1. The largest absolute Gasteiger partial charge is 0.487 e. The lowest BCUT2D eigenvalue weighted by Crippen LogP contribution is -2.11. The van der Waals surface area contributed by atoms with Crippen LogP contribution < -0.4 is 4.74 Å². The Bertz CT molecular complexity index is 1350. The topological polar surface area (TPSA) is 83.1 Å². The van der Waals surface area contributed by atoms with Crippen LogP contribution >= 0.6 is 23.4 Å². The number of hydrogen-bond donors (Lipinski definition) is 0. The van der Waals surface area contributed by atoms with Crippen molar-refractivity contribution in [2.45, 2.75) is 30.9 Å². The van der Waals surface area contributed by atoms with Gasteiger partial charge in [0.25, 0.3) is 0 Å². The molecule has 35 heavy (non-hydrogen) atoms. The molecular formula is C25H22ClFN4O3S. The van der Waals surface area contributed by atoms with Gasteiger partial charge in [0.05, 0.1) is 5.02 Å². The van der Waals surface area contributed by atoms with E-state index in [1.54, 1.807) is 30.3 Å². The van der Waals surface area contributed by atoms with E-state index >= 15 is 0 Å². The SMILES string of the molecule is Cc1cccc(-n2c(C)nnc2S[C@H](C[N+](=O)[O-])c2ccc(OCc3ccc(F)cc3)c(Cl)c2)c1. The quantitative estimate of drug-likeness (QED) is 0.147. The van der Waals surface area contributed by atoms with Crippen LogP contribution in [0.2, 0.25) is 5.02 Å². The Morgan fingerprint density at radius 1 is 1.11 bits per heavy atom. The first-order chi connectivity index (χ1) is 16.8. The van der Waals surface area contributed by atoms with Crippen LogP contribution in [0.15, 0.2) is 71.9 Å². The molecule has 0 saturated carbocycles. The molecule has 0 N–H and O–H groups in total. The van der Waals surface area contributed by atoms with E-state index in [9.17, 15) is 14.5 Å². The molecule has 0 aliphatic rings. The van der Waals surface area contributed by atoms with Gasteiger partial charge in [-0.3, -0.25) is 14.7 Å². The van der Waals surface area contributed by atoms with E-state index in [1.807, 2.05) is 42.7 Å². The van der Waals surface area contributed by atoms with E-state index < -0.39 is 5.25 Å². The zero-order valence-corrected chi connectivity index (χ0v) is 20.6. The van der Waals surface area contributed by atoms with Gasteiger partial charge in [0.2, 0.25) is 6.54 Å². The molecule has 0 aliphatic carbocycles. The number of halogens is 2. The number of thioether (sulfide) groups is 1. The summed E-state index contributed by atoms with van der Waals surface area (Å²) in [4.78, 5) is 11.1. The number of hydrogen-bond acceptors (Lipinski definition) is 6. The van der Waals surface area contributed by atoms with Crippen LogP contribution in [0.1, 0.15) is 27.8 Å². The smallest absolute Gasteiger partial charge is 0.220 e. The second kappa shape index (κ2) is 10.9. The fraction of sp³-hybridized carbons (Fsp3) is 0.200. The zero-order chi connectivity index (χ0) is 24.9. The maximum absolute atomic E-state index is 13.1. The lowest BCUT2D eigenvalue weighted by atomic mass is 10.1. The average Bonchev–Trinajstić information content (AvgIpc) is 3.18. The third kappa shape index (κ3) is 6.17. The van der Waals surface area contributed by atoms with Gasteiger partial charge in [-0.15, -0.1) is 10.2 Å². The molecule has 0 fully saturated rings. The molecule has 0 unspecified atom stereocenters. The summed E-state index contributed by atoms with van der Waals surface area (Å²) in [5.74, 6) is 0.794. The normalized spacial score (nSPS) is 11.9. The molecule has 3 aromatic carbocycles. The van der Waals surface area contributed by atoms with Gasteiger partial charge >= 0.3 is 0 Å². The highest BCUT2D eigenvalue weighted by molar-refractivity contribution is 7.99. The van der Waals surface area contributed by atoms with Crippen molar-refractivity contribution in [3.8, 4) is 11.4 Å². The molecule has 7 nitrogen and oxygen atoms in total. The molecule has 4 aromatic rings. The van der Waals surface area contributed by atoms with E-state index in [1.165, 1.54) is 23.9 Å². The molecular weight excluding hydrogens is 491 g/mol. The van der Waals surface area contributed by atoms with Crippen molar-refractivity contribution in [3.05, 3.63) is 110 Å². The summed E-state index contributed by atoms with van der Waals surface area (Å²) in [6, 6.07) is 19.0. The van der Waals surface area contributed by atoms with Crippen molar-refractivity contribution >= 4 is 23.4 Å². The fourth-order valence-corrected chi connectivity index (χ4v) is 4.94. The highest BCUT2D eigenvalue weighted by Gasteiger charge is 2.24. The third-order valence-electron chi connectivity index (χ3n) is 5.25. The Hall–Kier alpha value is -3.43. The Labute approximate surface area is 211 Å². The first-order valence-electron chi connectivity index (χ1n) is 10.7. The zero-order valence-electron chi connectivity index (χ0n) is 19.0. The van der Waals surface area contributed by atoms with Crippen LogP contribution in [-0.2, 0) is 6.61 Å². The summed E-state index contributed by atoms with van der Waals surface area (Å²) in [6.45, 7) is 3.72. The summed E-state index contributed by atoms with van der Waals surface area (Å²) in [5.41, 5.74) is 3.43. The Kier molecular flexibility index (Phi) is 7.67. The number of nitrogens with zero attached hydrogens (tertiary/aromatic N) is 4. The van der Waals surface area contributed by atoms with Crippen LogP contribution in [0.3, 0.4) is 0 Å². The van der Waals surface area contributed by atoms with Crippen molar-refractivity contribution in [1.29, 1.82) is 0 Å². The highest BCUT2D eigenvalue weighted by atomic mass is 35.5. The summed E-state index contributed by atoms with van der Waals surface area (Å²) in [6.07, 6.45) is 0. The summed E-state index contributed by atoms with van der Waals surface area (Å²) >= 11 is 7.71. The fourth-order valence-electron chi connectivity index (χ4n) is 3.53. The molecule has 1 aromatic heterocycles. The summed E-state index contributed by atoms with van der Waals surface area (Å²) in [7, 11) is 0. The second-order valence-electron chi connectivity index (χ2n) is 7.93. The molecule has 1 atom stereocenters. The molecule has 0 radical (unpaired) electrons. The lowest BCUT2D eigenvalue weighted by molar-refractivity contribution is -0.479. The predicted octanol–water partition coefficient (Wildman–Crippen LogP) is 6.37. The monoisotopic (exact) mass is 512 g/mol. The Morgan fingerprint density at radius 2 is 1.89 bits per heavy atom. The van der Waals surface area contributed by atoms with Crippen molar-refractivity contribution in [1.82, 2.24) is 14.8 Å². The van der Waals surface area contributed by atoms with Crippen molar-refractivity contribution in [2.24, 2.45) is 0 Å². The minimum atomic E-state index is -0.555. The first kappa shape index (κ1) is 24.7. The van der Waals surface area contributed by atoms with Crippen LogP contribution in [0.25, 0.3) is 5.69 Å². The number of ether oxygens (including phenoxy) is 1. The van der Waals surface area contributed by atoms with Gasteiger partial charge in [-0.1, -0.05) is 53.7 Å². The van der Waals surface area contributed by atoms with Gasteiger partial charge in [-0.25, -0.2) is 4.39 Å². The molecule has 1 heterocycles. The van der Waals surface area contributed by atoms with Crippen LogP contribution in [0, 0.1) is 29.8 Å². The second-order valence-corrected chi connectivity index (χ2v) is 9.51. The van der Waals surface area contributed by atoms with Gasteiger partial charge < -0.3 is 4.74 Å². The third-order valence-corrected chi connectivity index (χ3v) is 6.73. The summed E-state index contributed by atoms with van der Waals surface area (Å²) in [5, 5.41) is 20.3. The standard InChI is InChI=1S/C25H22ClFN4O3S/c1-16-4-3-5-21(12-16)31-17(2)28-29-25(31)35-24(14-30(32)33)19-8-11-23(22(26)13-19)34-15-18-6-9-20(27)10-7-18/h3-13,24H,14-15H2,1-2H3/t24-/m1/s1. The number of rotatable bonds is 9. The van der Waals surface area contributed by atoms with Crippen molar-refractivity contribution in [2.75, 3.05) is 6.54 Å². The minimum absolute atomic E-state index is 0.214. The van der Waals surface area contributed by atoms with E-state index in [0.29, 0.717) is 27.3 Å². The number of nitro groups is 1. The van der Waals surface area contributed by atoms with Crippen LogP contribution in [0.4, 0.5) is 4.39 Å². The van der Waals surface area contributed by atoms with Crippen molar-refractivity contribution < 1.29 is 14.1 Å². The van der Waals surface area contributed by atoms with Crippen LogP contribution in [0.5, 0.6) is 5.75 Å². The molecule has 0 aliphatic heterocycles. The summed E-state index contributed by atoms with van der Waals surface area (Å²) < 4.78 is 20.7. The van der Waals surface area contributed by atoms with E-state index in [-0.39, 0.29) is 23.9 Å². The van der Waals surface area contributed by atoms with E-state index in [2.05, 4.69) is 10.2 Å². The molecule has 0 spiro atoms. The number of benzene rings is 3. The first-order valence-corrected chi connectivity index (χ1v) is 12.0. The highest BCUT2D eigenvalue weighted by Crippen LogP contribution is 2.38. The van der Waals surface area contributed by atoms with E-state index in [4.69, 9.17) is 16.3 Å². The Morgan fingerprint density at radius 3 is 2.57 bits per heavy atom. The van der Waals surface area contributed by atoms with Gasteiger partial charge in [0, 0.05) is 10.6 Å². The van der Waals surface area contributed by atoms with E-state index in [0.717, 1.165) is 16.8 Å². The van der Waals surface area contributed by atoms with Crippen LogP contribution in [-0.4, -0.2) is 26.2 Å². The lowest BCUT2D eigenvalue weighted by Gasteiger charge is -2.16. The average molecular weight is 513 g/mol. The molecule has 180 valence electrons. The van der Waals surface area contributed by atoms with Gasteiger partial charge in [-0.2, -0.15) is 0 Å². The minimum Gasteiger partial charge on any atom is -0.487 e. The van der Waals surface area contributed by atoms with Gasteiger partial charge in [0.1, 0.15) is 29.2 Å². The molecule has 0 bridgehead atoms. The maximum Gasteiger partial charge on any atom is 0.220 e. The molecule has 0 amide bonds. The van der Waals surface area contributed by atoms with Gasteiger partial charge in [0.15, 0.2) is 5.16 Å². The number of aryl methyl sites for hydroxylation is 2.